The topological polar surface area (TPSA) is 65.4 Å². The molecular weight excluding hydrogens is 289 g/mol. The Hall–Kier alpha value is -1.63. The predicted molar refractivity (Wildman–Crippen MR) is 79.2 cm³/mol. The van der Waals surface area contributed by atoms with Gasteiger partial charge in [-0.15, -0.1) is 0 Å². The van der Waals surface area contributed by atoms with E-state index in [4.69, 9.17) is 9.47 Å². The molecule has 1 saturated heterocycles. The van der Waals surface area contributed by atoms with E-state index in [2.05, 4.69) is 10.4 Å². The summed E-state index contributed by atoms with van der Waals surface area (Å²) in [4.78, 5) is 11.8. The third-order valence-electron chi connectivity index (χ3n) is 3.52. The summed E-state index contributed by atoms with van der Waals surface area (Å²) in [7, 11) is 1.83. The van der Waals surface area contributed by atoms with Crippen LogP contribution < -0.4 is 5.32 Å². The standard InChI is InChI=1S/C15H24FN3O3/c1-15(2,3)22-14(20)18-11-5-6-13(21-9-10(11)16)12-7-8-17-19(12)4/h7-8,10-11,13H,5-6,9H2,1-4H3,(H,18,20)/t10-,11+,13-/m0/s1. The van der Waals surface area contributed by atoms with Crippen LogP contribution in [0.5, 0.6) is 0 Å². The molecule has 7 heteroatoms. The van der Waals surface area contributed by atoms with Crippen LogP contribution in [0.25, 0.3) is 0 Å². The van der Waals surface area contributed by atoms with Gasteiger partial charge in [-0.05, 0) is 39.7 Å². The van der Waals surface area contributed by atoms with Crippen molar-refractivity contribution in [1.82, 2.24) is 15.1 Å². The molecule has 0 saturated carbocycles. The molecule has 1 aliphatic heterocycles. The molecule has 3 atom stereocenters. The van der Waals surface area contributed by atoms with E-state index in [1.807, 2.05) is 13.1 Å². The molecule has 0 spiro atoms. The molecule has 1 aliphatic rings. The average molecular weight is 313 g/mol. The van der Waals surface area contributed by atoms with Crippen molar-refractivity contribution in [2.75, 3.05) is 6.61 Å². The van der Waals surface area contributed by atoms with Gasteiger partial charge in [-0.25, -0.2) is 9.18 Å². The SMILES string of the molecule is Cn1nccc1[C@@H]1CC[C@@H](NC(=O)OC(C)(C)C)[C@@H](F)CO1. The van der Waals surface area contributed by atoms with Gasteiger partial charge in [0.05, 0.1) is 24.4 Å². The number of aromatic nitrogens is 2. The Balaban J connectivity index is 1.95. The van der Waals surface area contributed by atoms with Crippen LogP contribution in [0, 0.1) is 0 Å². The van der Waals surface area contributed by atoms with Crippen molar-refractivity contribution in [3.63, 3.8) is 0 Å². The smallest absolute Gasteiger partial charge is 0.407 e. The molecule has 0 radical (unpaired) electrons. The minimum absolute atomic E-state index is 0.0592. The zero-order valence-electron chi connectivity index (χ0n) is 13.5. The molecule has 2 heterocycles. The maximum Gasteiger partial charge on any atom is 0.407 e. The highest BCUT2D eigenvalue weighted by Crippen LogP contribution is 2.28. The lowest BCUT2D eigenvalue weighted by Gasteiger charge is -2.24. The number of hydrogen-bond acceptors (Lipinski definition) is 4. The van der Waals surface area contributed by atoms with E-state index in [1.54, 1.807) is 31.6 Å². The van der Waals surface area contributed by atoms with Crippen molar-refractivity contribution < 1.29 is 18.7 Å². The Kier molecular flexibility index (Phi) is 5.05. The van der Waals surface area contributed by atoms with Crippen molar-refractivity contribution in [3.05, 3.63) is 18.0 Å². The second kappa shape index (κ2) is 6.64. The van der Waals surface area contributed by atoms with Crippen molar-refractivity contribution >= 4 is 6.09 Å². The average Bonchev–Trinajstić information content (AvgIpc) is 2.73. The highest BCUT2D eigenvalue weighted by molar-refractivity contribution is 5.68. The number of alkyl carbamates (subject to hydrolysis) is 1. The van der Waals surface area contributed by atoms with Crippen LogP contribution in [0.3, 0.4) is 0 Å². The fourth-order valence-corrected chi connectivity index (χ4v) is 2.47. The molecule has 22 heavy (non-hydrogen) atoms. The Morgan fingerprint density at radius 2 is 2.23 bits per heavy atom. The van der Waals surface area contributed by atoms with Gasteiger partial charge in [-0.2, -0.15) is 5.10 Å². The molecule has 1 N–H and O–H groups in total. The van der Waals surface area contributed by atoms with Crippen molar-refractivity contribution in [2.24, 2.45) is 7.05 Å². The zero-order valence-corrected chi connectivity index (χ0v) is 13.5. The maximum absolute atomic E-state index is 14.2. The van der Waals surface area contributed by atoms with E-state index in [9.17, 15) is 9.18 Å². The number of rotatable bonds is 2. The molecular formula is C15H24FN3O3. The maximum atomic E-state index is 14.2. The molecule has 6 nitrogen and oxygen atoms in total. The highest BCUT2D eigenvalue weighted by atomic mass is 19.1. The van der Waals surface area contributed by atoms with Gasteiger partial charge >= 0.3 is 6.09 Å². The molecule has 1 fully saturated rings. The number of aryl methyl sites for hydroxylation is 1. The summed E-state index contributed by atoms with van der Waals surface area (Å²) in [6.45, 7) is 5.26. The van der Waals surface area contributed by atoms with Crippen molar-refractivity contribution in [3.8, 4) is 0 Å². The van der Waals surface area contributed by atoms with Crippen LogP contribution in [0.15, 0.2) is 12.3 Å². The van der Waals surface area contributed by atoms with Gasteiger partial charge in [0.15, 0.2) is 0 Å². The van der Waals surface area contributed by atoms with E-state index in [1.165, 1.54) is 0 Å². The number of nitrogens with zero attached hydrogens (tertiary/aromatic N) is 2. The summed E-state index contributed by atoms with van der Waals surface area (Å²) < 4.78 is 26.7. The van der Waals surface area contributed by atoms with Gasteiger partial charge in [0, 0.05) is 13.2 Å². The lowest BCUT2D eigenvalue weighted by Crippen LogP contribution is -2.44. The highest BCUT2D eigenvalue weighted by Gasteiger charge is 2.31. The van der Waals surface area contributed by atoms with Gasteiger partial charge in [-0.1, -0.05) is 0 Å². The normalized spacial score (nSPS) is 26.3. The molecule has 0 aliphatic carbocycles. The summed E-state index contributed by atoms with van der Waals surface area (Å²) in [6.07, 6.45) is 0.713. The van der Waals surface area contributed by atoms with Crippen LogP contribution in [0.4, 0.5) is 9.18 Å². The third kappa shape index (κ3) is 4.43. The monoisotopic (exact) mass is 313 g/mol. The van der Waals surface area contributed by atoms with E-state index in [0.717, 1.165) is 5.69 Å². The predicted octanol–water partition coefficient (Wildman–Crippen LogP) is 2.50. The van der Waals surface area contributed by atoms with Crippen LogP contribution in [0.1, 0.15) is 45.4 Å². The second-order valence-corrected chi connectivity index (χ2v) is 6.55. The fraction of sp³-hybridized carbons (Fsp3) is 0.733. The van der Waals surface area contributed by atoms with Crippen LogP contribution in [-0.4, -0.2) is 40.3 Å². The molecule has 124 valence electrons. The van der Waals surface area contributed by atoms with Crippen LogP contribution in [0.2, 0.25) is 0 Å². The van der Waals surface area contributed by atoms with Gasteiger partial charge < -0.3 is 14.8 Å². The number of hydrogen-bond donors (Lipinski definition) is 1. The van der Waals surface area contributed by atoms with Gasteiger partial charge in [0.1, 0.15) is 11.8 Å². The van der Waals surface area contributed by atoms with E-state index >= 15 is 0 Å². The quantitative estimate of drug-likeness (QED) is 0.911. The number of ether oxygens (including phenoxy) is 2. The molecule has 0 bridgehead atoms. The van der Waals surface area contributed by atoms with E-state index in [0.29, 0.717) is 12.8 Å². The number of amides is 1. The minimum Gasteiger partial charge on any atom is -0.444 e. The Morgan fingerprint density at radius 1 is 1.50 bits per heavy atom. The summed E-state index contributed by atoms with van der Waals surface area (Å²) in [6, 6.07) is 1.26. The van der Waals surface area contributed by atoms with Gasteiger partial charge in [-0.3, -0.25) is 4.68 Å². The lowest BCUT2D eigenvalue weighted by molar-refractivity contribution is 0.0199. The number of carbonyl (C=O) groups excluding carboxylic acids is 1. The van der Waals surface area contributed by atoms with E-state index in [-0.39, 0.29) is 12.7 Å². The van der Waals surface area contributed by atoms with Crippen LogP contribution >= 0.6 is 0 Å². The van der Waals surface area contributed by atoms with Gasteiger partial charge in [0.25, 0.3) is 0 Å². The second-order valence-electron chi connectivity index (χ2n) is 6.55. The summed E-state index contributed by atoms with van der Waals surface area (Å²) in [5.41, 5.74) is 0.305. The molecule has 1 aromatic rings. The number of nitrogens with one attached hydrogen (secondary N) is 1. The fourth-order valence-electron chi connectivity index (χ4n) is 2.47. The Morgan fingerprint density at radius 3 is 2.82 bits per heavy atom. The molecule has 2 rings (SSSR count). The number of alkyl halides is 1. The summed E-state index contributed by atoms with van der Waals surface area (Å²) >= 11 is 0. The number of halogens is 1. The summed E-state index contributed by atoms with van der Waals surface area (Å²) in [5.74, 6) is 0. The van der Waals surface area contributed by atoms with E-state index < -0.39 is 23.9 Å². The van der Waals surface area contributed by atoms with Crippen molar-refractivity contribution in [2.45, 2.75) is 57.5 Å². The van der Waals surface area contributed by atoms with Gasteiger partial charge in [0.2, 0.25) is 0 Å². The first kappa shape index (κ1) is 16.7. The third-order valence-corrected chi connectivity index (χ3v) is 3.52. The molecule has 1 amide bonds. The first-order chi connectivity index (χ1) is 10.3. The Labute approximate surface area is 130 Å². The first-order valence-corrected chi connectivity index (χ1v) is 7.49. The Bertz CT molecular complexity index is 512. The van der Waals surface area contributed by atoms with Crippen molar-refractivity contribution in [1.29, 1.82) is 0 Å². The summed E-state index contributed by atoms with van der Waals surface area (Å²) in [5, 5.41) is 6.71. The van der Waals surface area contributed by atoms with Crippen LogP contribution in [-0.2, 0) is 16.5 Å². The zero-order chi connectivity index (χ0) is 16.3. The largest absolute Gasteiger partial charge is 0.444 e. The molecule has 0 aromatic carbocycles. The minimum atomic E-state index is -1.26. The number of carbonyl (C=O) groups is 1. The molecule has 0 unspecified atom stereocenters. The lowest BCUT2D eigenvalue weighted by atomic mass is 10.0. The molecule has 1 aromatic heterocycles. The first-order valence-electron chi connectivity index (χ1n) is 7.49.